The van der Waals surface area contributed by atoms with Gasteiger partial charge >= 0.3 is 12.6 Å². The van der Waals surface area contributed by atoms with Crippen molar-refractivity contribution in [1.82, 2.24) is 15.5 Å². The Bertz CT molecular complexity index is 1640. The Morgan fingerprint density at radius 1 is 1.17 bits per heavy atom. The van der Waals surface area contributed by atoms with Gasteiger partial charge in [-0.25, -0.2) is 9.78 Å². The molecule has 2 aromatic heterocycles. The Labute approximate surface area is 253 Å². The molecule has 220 valence electrons. The highest BCUT2D eigenvalue weighted by Gasteiger charge is 2.42. The van der Waals surface area contributed by atoms with Gasteiger partial charge in [-0.3, -0.25) is 0 Å². The number of carboxylic acids is 1. The molecule has 8 nitrogen and oxygen atoms in total. The highest BCUT2D eigenvalue weighted by atomic mass is 35.5. The summed E-state index contributed by atoms with van der Waals surface area (Å²) >= 11 is 14.4. The number of fused-ring (bicyclic) bond motifs is 3. The number of piperidine rings is 1. The lowest BCUT2D eigenvalue weighted by molar-refractivity contribution is -0.0489. The third-order valence-corrected chi connectivity index (χ3v) is 10.0. The van der Waals surface area contributed by atoms with Crippen molar-refractivity contribution in [1.29, 1.82) is 0 Å². The number of rotatable bonds is 9. The van der Waals surface area contributed by atoms with E-state index >= 15 is 0 Å². The maximum atomic E-state index is 13.1. The van der Waals surface area contributed by atoms with E-state index in [4.69, 9.17) is 27.7 Å². The van der Waals surface area contributed by atoms with Crippen molar-refractivity contribution in [2.24, 2.45) is 0 Å². The molecule has 7 rings (SSSR count). The zero-order chi connectivity index (χ0) is 29.1. The van der Waals surface area contributed by atoms with E-state index in [1.54, 1.807) is 18.2 Å². The van der Waals surface area contributed by atoms with E-state index in [1.165, 1.54) is 17.4 Å². The fraction of sp³-hybridized carbons (Fsp3) is 0.414. The zero-order valence-corrected chi connectivity index (χ0v) is 24.5. The van der Waals surface area contributed by atoms with Gasteiger partial charge in [-0.05, 0) is 62.8 Å². The van der Waals surface area contributed by atoms with Crippen molar-refractivity contribution in [2.45, 2.75) is 75.7 Å². The second kappa shape index (κ2) is 10.9. The maximum absolute atomic E-state index is 13.1. The minimum atomic E-state index is -3.08. The molecule has 3 aliphatic rings. The van der Waals surface area contributed by atoms with Gasteiger partial charge in [0.1, 0.15) is 17.0 Å². The van der Waals surface area contributed by atoms with Crippen LogP contribution in [-0.4, -0.2) is 46.0 Å². The Morgan fingerprint density at radius 2 is 1.88 bits per heavy atom. The lowest BCUT2D eigenvalue weighted by Crippen LogP contribution is -2.49. The van der Waals surface area contributed by atoms with Crippen LogP contribution >= 0.6 is 34.5 Å². The first-order chi connectivity index (χ1) is 20.3. The van der Waals surface area contributed by atoms with Crippen LogP contribution in [0.25, 0.3) is 21.5 Å². The van der Waals surface area contributed by atoms with E-state index in [2.05, 4.69) is 25.1 Å². The summed E-state index contributed by atoms with van der Waals surface area (Å²) in [7, 11) is 0. The lowest BCUT2D eigenvalue weighted by atomic mass is 9.97. The van der Waals surface area contributed by atoms with Gasteiger partial charge in [0, 0.05) is 41.7 Å². The molecule has 42 heavy (non-hydrogen) atoms. The van der Waals surface area contributed by atoms with E-state index in [9.17, 15) is 18.7 Å². The monoisotopic (exact) mass is 634 g/mol. The number of carboxylic acid groups (broad SMARTS) is 1. The van der Waals surface area contributed by atoms with Gasteiger partial charge in [-0.1, -0.05) is 45.8 Å². The Morgan fingerprint density at radius 3 is 2.52 bits per heavy atom. The number of hydrogen-bond donors (Lipinski definition) is 2. The van der Waals surface area contributed by atoms with E-state index in [0.717, 1.165) is 55.9 Å². The summed E-state index contributed by atoms with van der Waals surface area (Å²) in [4.78, 5) is 18.5. The van der Waals surface area contributed by atoms with Crippen LogP contribution in [0.5, 0.6) is 5.75 Å². The third kappa shape index (κ3) is 5.10. The number of aromatic nitrogens is 2. The molecule has 0 spiro atoms. The number of thiazole rings is 1. The van der Waals surface area contributed by atoms with Crippen LogP contribution in [0.1, 0.15) is 66.1 Å². The number of anilines is 1. The van der Waals surface area contributed by atoms with E-state index in [-0.39, 0.29) is 35.0 Å². The van der Waals surface area contributed by atoms with Gasteiger partial charge in [-0.2, -0.15) is 8.78 Å². The quantitative estimate of drug-likeness (QED) is 0.193. The van der Waals surface area contributed by atoms with Crippen molar-refractivity contribution in [3.8, 4) is 17.0 Å². The molecule has 2 aromatic carbocycles. The Balaban J connectivity index is 1.11. The molecule has 1 aliphatic carbocycles. The lowest BCUT2D eigenvalue weighted by Gasteiger charge is -2.39. The molecule has 2 saturated heterocycles. The molecular formula is C29H26Cl2F2N4O4S. The van der Waals surface area contributed by atoms with Crippen molar-refractivity contribution in [2.75, 3.05) is 4.90 Å². The predicted octanol–water partition coefficient (Wildman–Crippen LogP) is 7.72. The topological polar surface area (TPSA) is 101 Å². The fourth-order valence-electron chi connectivity index (χ4n) is 6.39. The van der Waals surface area contributed by atoms with Crippen LogP contribution in [0.4, 0.5) is 13.9 Å². The van der Waals surface area contributed by atoms with E-state index < -0.39 is 12.6 Å². The largest absolute Gasteiger partial charge is 0.478 e. The van der Waals surface area contributed by atoms with Crippen molar-refractivity contribution < 1.29 is 27.9 Å². The second-order valence-corrected chi connectivity index (χ2v) is 12.9. The molecule has 3 fully saturated rings. The molecular weight excluding hydrogens is 609 g/mol. The molecule has 1 saturated carbocycles. The number of nitrogens with one attached hydrogen (secondary N) is 1. The first kappa shape index (κ1) is 27.8. The van der Waals surface area contributed by atoms with Gasteiger partial charge in [-0.15, -0.1) is 0 Å². The van der Waals surface area contributed by atoms with E-state index in [0.29, 0.717) is 43.6 Å². The average Bonchev–Trinajstić information content (AvgIpc) is 3.46. The maximum Gasteiger partial charge on any atom is 0.387 e. The number of alkyl halides is 2. The molecule has 2 N–H and O–H groups in total. The number of halogens is 4. The standard InChI is InChI=1S/C29H26Cl2F2N4O4S/c30-19-2-1-3-20(31)23(19)24-18(26(41-36-24)13-4-5-13)12-34-15-10-16-6-7-17(11-15)37(16)29-35-25-21(40-28(32)33)8-14(27(38)39)9-22(25)42-29/h1-3,8-9,13,15-17,28,34H,4-7,10-12H2,(H,38,39). The van der Waals surface area contributed by atoms with Crippen LogP contribution in [0.2, 0.25) is 10.0 Å². The summed E-state index contributed by atoms with van der Waals surface area (Å²) in [5.41, 5.74) is 2.49. The highest BCUT2D eigenvalue weighted by Crippen LogP contribution is 2.47. The first-order valence-corrected chi connectivity index (χ1v) is 15.4. The Kier molecular flexibility index (Phi) is 7.24. The number of hydrogen-bond acceptors (Lipinski definition) is 8. The molecule has 2 atom stereocenters. The molecule has 2 bridgehead atoms. The van der Waals surface area contributed by atoms with Crippen LogP contribution in [0.15, 0.2) is 34.9 Å². The molecule has 2 aliphatic heterocycles. The summed E-state index contributed by atoms with van der Waals surface area (Å²) in [6.07, 6.45) is 5.86. The number of ether oxygens (including phenoxy) is 1. The summed E-state index contributed by atoms with van der Waals surface area (Å²) in [5, 5.41) is 19.4. The third-order valence-electron chi connectivity index (χ3n) is 8.40. The van der Waals surface area contributed by atoms with Gasteiger partial charge in [0.05, 0.1) is 20.3 Å². The number of carbonyl (C=O) groups is 1. The van der Waals surface area contributed by atoms with Crippen LogP contribution in [0.3, 0.4) is 0 Å². The van der Waals surface area contributed by atoms with Gasteiger partial charge in [0.25, 0.3) is 0 Å². The van der Waals surface area contributed by atoms with Gasteiger partial charge < -0.3 is 24.6 Å². The normalized spacial score (nSPS) is 21.9. The number of aromatic carboxylic acids is 1. The molecule has 0 radical (unpaired) electrons. The highest BCUT2D eigenvalue weighted by molar-refractivity contribution is 7.22. The minimum Gasteiger partial charge on any atom is -0.478 e. The van der Waals surface area contributed by atoms with Crippen LogP contribution < -0.4 is 15.0 Å². The van der Waals surface area contributed by atoms with E-state index in [1.807, 2.05) is 0 Å². The average molecular weight is 636 g/mol. The minimum absolute atomic E-state index is 0.115. The number of benzene rings is 2. The summed E-state index contributed by atoms with van der Waals surface area (Å²) in [6, 6.07) is 8.63. The fourth-order valence-corrected chi connectivity index (χ4v) is 8.13. The molecule has 4 aromatic rings. The molecule has 2 unspecified atom stereocenters. The zero-order valence-electron chi connectivity index (χ0n) is 22.2. The second-order valence-electron chi connectivity index (χ2n) is 11.1. The summed E-state index contributed by atoms with van der Waals surface area (Å²) in [6.45, 7) is -2.51. The molecule has 0 amide bonds. The Hall–Kier alpha value is -2.99. The predicted molar refractivity (Wildman–Crippen MR) is 156 cm³/mol. The van der Waals surface area contributed by atoms with Crippen LogP contribution in [-0.2, 0) is 6.54 Å². The molecule has 4 heterocycles. The van der Waals surface area contributed by atoms with Crippen LogP contribution in [0, 0.1) is 0 Å². The SMILES string of the molecule is O=C(O)c1cc(OC(F)F)c2nc(N3C4CCC3CC(NCc3c(-c5c(Cl)cccc5Cl)noc3C3CC3)C4)sc2c1. The van der Waals surface area contributed by atoms with Crippen molar-refractivity contribution >= 4 is 55.9 Å². The van der Waals surface area contributed by atoms with Crippen molar-refractivity contribution in [3.63, 3.8) is 0 Å². The van der Waals surface area contributed by atoms with Gasteiger partial charge in [0.15, 0.2) is 10.9 Å². The number of nitrogens with zero attached hydrogens (tertiary/aromatic N) is 3. The first-order valence-electron chi connectivity index (χ1n) is 13.8. The smallest absolute Gasteiger partial charge is 0.387 e. The van der Waals surface area contributed by atoms with Gasteiger partial charge in [0.2, 0.25) is 0 Å². The van der Waals surface area contributed by atoms with Crippen molar-refractivity contribution in [3.05, 3.63) is 57.3 Å². The molecule has 13 heteroatoms. The summed E-state index contributed by atoms with van der Waals surface area (Å²) < 4.78 is 37.2. The summed E-state index contributed by atoms with van der Waals surface area (Å²) in [5.74, 6) is -0.177.